The van der Waals surface area contributed by atoms with Crippen molar-refractivity contribution in [3.8, 4) is 0 Å². The molecule has 10 nitrogen and oxygen atoms in total. The second-order valence-electron chi connectivity index (χ2n) is 14.1. The summed E-state index contributed by atoms with van der Waals surface area (Å²) in [4.78, 5) is 43.2. The highest BCUT2D eigenvalue weighted by Gasteiger charge is 2.51. The van der Waals surface area contributed by atoms with E-state index in [2.05, 4.69) is 25.8 Å². The third-order valence-electron chi connectivity index (χ3n) is 8.07. The molecule has 248 valence electrons. The molecule has 0 aromatic carbocycles. The number of hydrogen-bond acceptors (Lipinski definition) is 7. The van der Waals surface area contributed by atoms with Crippen molar-refractivity contribution < 1.29 is 23.9 Å². The van der Waals surface area contributed by atoms with Crippen molar-refractivity contribution in [2.45, 2.75) is 116 Å². The van der Waals surface area contributed by atoms with Gasteiger partial charge >= 0.3 is 12.2 Å². The first-order chi connectivity index (χ1) is 20.5. The fraction of sp³-hybridized carbons (Fsp3) is 0.750. The fourth-order valence-electron chi connectivity index (χ4n) is 5.97. The van der Waals surface area contributed by atoms with Crippen LogP contribution in [0.25, 0.3) is 0 Å². The number of nitrogens with one attached hydrogen (secondary N) is 3. The predicted molar refractivity (Wildman–Crippen MR) is 173 cm³/mol. The molecule has 3 N–H and O–H groups in total. The Morgan fingerprint density at radius 1 is 0.864 bits per heavy atom. The van der Waals surface area contributed by atoms with E-state index in [1.807, 2.05) is 53.7 Å². The molecule has 0 spiro atoms. The number of nitrogens with zero attached hydrogens (tertiary/aromatic N) is 2. The van der Waals surface area contributed by atoms with Crippen LogP contribution in [0.2, 0.25) is 10.3 Å². The zero-order valence-electron chi connectivity index (χ0n) is 27.2. The summed E-state index contributed by atoms with van der Waals surface area (Å²) in [5.74, 6) is 0.614. The third kappa shape index (κ3) is 12.6. The zero-order valence-corrected chi connectivity index (χ0v) is 28.7. The second-order valence-corrected chi connectivity index (χ2v) is 14.9. The Kier molecular flexibility index (Phi) is 13.0. The zero-order chi connectivity index (χ0) is 32.5. The molecule has 2 aliphatic rings. The maximum Gasteiger partial charge on any atom is 0.407 e. The van der Waals surface area contributed by atoms with Crippen molar-refractivity contribution >= 4 is 41.3 Å². The monoisotopic (exact) mass is 655 g/mol. The number of halogens is 2. The Balaban J connectivity index is 1.41. The van der Waals surface area contributed by atoms with Gasteiger partial charge in [-0.2, -0.15) is 0 Å². The standard InChI is InChI=1S/C32H51Cl2N5O5/c1-30(2,3)43-28(41)35-15-18-39(19-16-36-29(42)44-31(4,5)6)17-7-8-27(40)37-24-11-9-22(10-12-24)32(13-14-32)23-20-25(33)38-26(34)21-23/h20-22,24H,7-19H2,1-6H3,(H,35,41)(H,36,42)(H,37,40). The minimum absolute atomic E-state index is 0.0565. The van der Waals surface area contributed by atoms with Crippen LogP contribution < -0.4 is 16.0 Å². The van der Waals surface area contributed by atoms with Gasteiger partial charge in [0, 0.05) is 38.6 Å². The van der Waals surface area contributed by atoms with Gasteiger partial charge < -0.3 is 25.4 Å². The van der Waals surface area contributed by atoms with E-state index in [9.17, 15) is 14.4 Å². The number of ether oxygens (including phenoxy) is 2. The van der Waals surface area contributed by atoms with Crippen LogP contribution in [-0.4, -0.2) is 77.9 Å². The van der Waals surface area contributed by atoms with Gasteiger partial charge in [-0.3, -0.25) is 9.69 Å². The summed E-state index contributed by atoms with van der Waals surface area (Å²) in [7, 11) is 0. The highest BCUT2D eigenvalue weighted by atomic mass is 35.5. The molecule has 2 fully saturated rings. The van der Waals surface area contributed by atoms with Crippen LogP contribution >= 0.6 is 23.2 Å². The van der Waals surface area contributed by atoms with Crippen LogP contribution in [-0.2, 0) is 19.7 Å². The number of amides is 3. The lowest BCUT2D eigenvalue weighted by molar-refractivity contribution is -0.122. The number of rotatable bonds is 13. The van der Waals surface area contributed by atoms with Crippen LogP contribution in [0.3, 0.4) is 0 Å². The van der Waals surface area contributed by atoms with Gasteiger partial charge in [-0.1, -0.05) is 23.2 Å². The molecule has 1 aromatic heterocycles. The van der Waals surface area contributed by atoms with Crippen molar-refractivity contribution in [3.05, 3.63) is 28.0 Å². The lowest BCUT2D eigenvalue weighted by Gasteiger charge is -2.35. The summed E-state index contributed by atoms with van der Waals surface area (Å²) in [6, 6.07) is 4.10. The average Bonchev–Trinajstić information content (AvgIpc) is 3.68. The van der Waals surface area contributed by atoms with Gasteiger partial charge in [-0.05, 0) is 122 Å². The quantitative estimate of drug-likeness (QED) is 0.215. The largest absolute Gasteiger partial charge is 0.444 e. The van der Waals surface area contributed by atoms with Gasteiger partial charge in [0.05, 0.1) is 0 Å². The van der Waals surface area contributed by atoms with Crippen LogP contribution in [0.15, 0.2) is 12.1 Å². The summed E-state index contributed by atoms with van der Waals surface area (Å²) < 4.78 is 10.6. The van der Waals surface area contributed by atoms with Crippen LogP contribution in [0.1, 0.15) is 98.5 Å². The van der Waals surface area contributed by atoms with Crippen LogP contribution in [0.4, 0.5) is 9.59 Å². The highest BCUT2D eigenvalue weighted by Crippen LogP contribution is 2.58. The third-order valence-corrected chi connectivity index (χ3v) is 8.46. The second kappa shape index (κ2) is 15.8. The molecule has 2 aliphatic carbocycles. The maximum atomic E-state index is 12.8. The van der Waals surface area contributed by atoms with E-state index in [0.29, 0.717) is 61.8 Å². The van der Waals surface area contributed by atoms with E-state index < -0.39 is 23.4 Å². The molecule has 44 heavy (non-hydrogen) atoms. The van der Waals surface area contributed by atoms with Gasteiger partial charge in [0.25, 0.3) is 0 Å². The maximum absolute atomic E-state index is 12.8. The molecule has 0 saturated heterocycles. The fourth-order valence-corrected chi connectivity index (χ4v) is 6.43. The molecular formula is C32H51Cl2N5O5. The summed E-state index contributed by atoms with van der Waals surface area (Å²) >= 11 is 12.4. The normalized spacial score (nSPS) is 19.7. The molecule has 0 radical (unpaired) electrons. The summed E-state index contributed by atoms with van der Waals surface area (Å²) in [6.45, 7) is 13.4. The van der Waals surface area contributed by atoms with E-state index in [4.69, 9.17) is 32.7 Å². The lowest BCUT2D eigenvalue weighted by atomic mass is 9.73. The predicted octanol–water partition coefficient (Wildman–Crippen LogP) is 6.23. The lowest BCUT2D eigenvalue weighted by Crippen LogP contribution is -2.42. The van der Waals surface area contributed by atoms with Crippen molar-refractivity contribution in [1.29, 1.82) is 0 Å². The molecule has 12 heteroatoms. The first-order valence-electron chi connectivity index (χ1n) is 15.8. The number of carbonyl (C=O) groups is 3. The molecule has 2 saturated carbocycles. The van der Waals surface area contributed by atoms with E-state index in [0.717, 1.165) is 38.5 Å². The Morgan fingerprint density at radius 2 is 1.36 bits per heavy atom. The van der Waals surface area contributed by atoms with Gasteiger partial charge in [-0.15, -0.1) is 0 Å². The number of alkyl carbamates (subject to hydrolysis) is 2. The van der Waals surface area contributed by atoms with E-state index >= 15 is 0 Å². The van der Waals surface area contributed by atoms with Crippen LogP contribution in [0.5, 0.6) is 0 Å². The van der Waals surface area contributed by atoms with Gasteiger partial charge in [0.15, 0.2) is 0 Å². The van der Waals surface area contributed by atoms with Crippen molar-refractivity contribution in [3.63, 3.8) is 0 Å². The first kappa shape index (κ1) is 36.2. The van der Waals surface area contributed by atoms with E-state index in [-0.39, 0.29) is 17.4 Å². The molecular weight excluding hydrogens is 605 g/mol. The Bertz CT molecular complexity index is 1070. The minimum Gasteiger partial charge on any atom is -0.444 e. The summed E-state index contributed by atoms with van der Waals surface area (Å²) in [6.07, 6.45) is 6.45. The highest BCUT2D eigenvalue weighted by molar-refractivity contribution is 6.32. The Hall–Kier alpha value is -2.30. The molecule has 0 unspecified atom stereocenters. The molecule has 1 heterocycles. The van der Waals surface area contributed by atoms with Crippen molar-refractivity contribution in [2.24, 2.45) is 5.92 Å². The van der Waals surface area contributed by atoms with Crippen molar-refractivity contribution in [2.75, 3.05) is 32.7 Å². The number of hydrogen-bond donors (Lipinski definition) is 3. The Labute approximate surface area is 272 Å². The Morgan fingerprint density at radius 3 is 1.82 bits per heavy atom. The van der Waals surface area contributed by atoms with Gasteiger partial charge in [0.1, 0.15) is 21.5 Å². The molecule has 0 aliphatic heterocycles. The molecule has 3 rings (SSSR count). The number of aromatic nitrogens is 1. The van der Waals surface area contributed by atoms with Gasteiger partial charge in [-0.25, -0.2) is 14.6 Å². The van der Waals surface area contributed by atoms with Gasteiger partial charge in [0.2, 0.25) is 5.91 Å². The van der Waals surface area contributed by atoms with Crippen molar-refractivity contribution in [1.82, 2.24) is 25.8 Å². The molecule has 0 atom stereocenters. The number of carbonyl (C=O) groups excluding carboxylic acids is 3. The minimum atomic E-state index is -0.574. The number of pyridine rings is 1. The SMILES string of the molecule is CC(C)(C)OC(=O)NCCN(CCCC(=O)NC1CCC(C2(c3cc(Cl)nc(Cl)c3)CC2)CC1)CCNC(=O)OC(C)(C)C. The molecule has 1 aromatic rings. The van der Waals surface area contributed by atoms with E-state index in [1.54, 1.807) is 0 Å². The average molecular weight is 657 g/mol. The van der Waals surface area contributed by atoms with Crippen LogP contribution in [0, 0.1) is 5.92 Å². The summed E-state index contributed by atoms with van der Waals surface area (Å²) in [5.41, 5.74) is 0.192. The smallest absolute Gasteiger partial charge is 0.407 e. The first-order valence-corrected chi connectivity index (χ1v) is 16.6. The topological polar surface area (TPSA) is 122 Å². The van der Waals surface area contributed by atoms with E-state index in [1.165, 1.54) is 5.56 Å². The summed E-state index contributed by atoms with van der Waals surface area (Å²) in [5, 5.41) is 9.68. The molecule has 0 bridgehead atoms. The molecule has 3 amide bonds.